The number of halogens is 1. The molecule has 3 rings (SSSR count). The molecule has 28 heavy (non-hydrogen) atoms. The molecule has 0 radical (unpaired) electrons. The molecule has 0 spiro atoms. The Kier molecular flexibility index (Phi) is 6.17. The summed E-state index contributed by atoms with van der Waals surface area (Å²) in [6, 6.07) is 19.9. The van der Waals surface area contributed by atoms with Crippen molar-refractivity contribution in [2.75, 3.05) is 13.6 Å². The Hall–Kier alpha value is -2.22. The molecule has 1 unspecified atom stereocenters. The third-order valence-corrected chi connectivity index (χ3v) is 6.87. The van der Waals surface area contributed by atoms with Crippen molar-refractivity contribution in [3.05, 3.63) is 76.8 Å². The van der Waals surface area contributed by atoms with E-state index in [1.807, 2.05) is 55.5 Å². The van der Waals surface area contributed by atoms with Gasteiger partial charge in [-0.3, -0.25) is 4.79 Å². The van der Waals surface area contributed by atoms with E-state index in [0.717, 1.165) is 25.1 Å². The van der Waals surface area contributed by atoms with Crippen LogP contribution >= 0.6 is 15.9 Å². The standard InChI is InChI=1S/C21H21BrN2O3S/c1-15(16-7-10-19(22)11-8-16)23-21(25)14-24(2)28(26,27)20-12-9-17-5-3-4-6-18(17)13-20/h3-13,15H,14H2,1-2H3,(H,23,25). The summed E-state index contributed by atoms with van der Waals surface area (Å²) in [5, 5.41) is 4.64. The molecule has 1 amide bonds. The van der Waals surface area contributed by atoms with Crippen molar-refractivity contribution in [3.63, 3.8) is 0 Å². The molecule has 0 aliphatic rings. The zero-order valence-corrected chi connectivity index (χ0v) is 18.0. The van der Waals surface area contributed by atoms with Crippen LogP contribution in [0.2, 0.25) is 0 Å². The summed E-state index contributed by atoms with van der Waals surface area (Å²) in [7, 11) is -2.35. The fourth-order valence-electron chi connectivity index (χ4n) is 2.92. The lowest BCUT2D eigenvalue weighted by Gasteiger charge is -2.19. The van der Waals surface area contributed by atoms with Gasteiger partial charge in [-0.2, -0.15) is 4.31 Å². The minimum Gasteiger partial charge on any atom is -0.348 e. The molecule has 0 aromatic heterocycles. The molecular weight excluding hydrogens is 440 g/mol. The van der Waals surface area contributed by atoms with Gasteiger partial charge in [0.05, 0.1) is 17.5 Å². The van der Waals surface area contributed by atoms with Gasteiger partial charge in [-0.15, -0.1) is 0 Å². The molecule has 5 nitrogen and oxygen atoms in total. The lowest BCUT2D eigenvalue weighted by Crippen LogP contribution is -2.39. The van der Waals surface area contributed by atoms with E-state index in [1.54, 1.807) is 18.2 Å². The van der Waals surface area contributed by atoms with E-state index in [-0.39, 0.29) is 23.4 Å². The number of fused-ring (bicyclic) bond motifs is 1. The quantitative estimate of drug-likeness (QED) is 0.601. The van der Waals surface area contributed by atoms with Crippen molar-refractivity contribution in [3.8, 4) is 0 Å². The number of carbonyl (C=O) groups is 1. The summed E-state index contributed by atoms with van der Waals surface area (Å²) in [4.78, 5) is 12.5. The van der Waals surface area contributed by atoms with Gasteiger partial charge in [-0.05, 0) is 47.5 Å². The fourth-order valence-corrected chi connectivity index (χ4v) is 4.34. The molecule has 1 atom stereocenters. The van der Waals surface area contributed by atoms with Gasteiger partial charge in [0.15, 0.2) is 0 Å². The van der Waals surface area contributed by atoms with Gasteiger partial charge in [0.2, 0.25) is 15.9 Å². The van der Waals surface area contributed by atoms with Crippen LogP contribution in [0.5, 0.6) is 0 Å². The molecule has 7 heteroatoms. The van der Waals surface area contributed by atoms with Crippen LogP contribution in [-0.2, 0) is 14.8 Å². The number of amides is 1. The Balaban J connectivity index is 1.70. The maximum atomic E-state index is 12.8. The molecule has 0 saturated carbocycles. The molecule has 0 bridgehead atoms. The Morgan fingerprint density at radius 1 is 1.04 bits per heavy atom. The van der Waals surface area contributed by atoms with E-state index in [1.165, 1.54) is 7.05 Å². The van der Waals surface area contributed by atoms with Crippen molar-refractivity contribution in [2.45, 2.75) is 17.9 Å². The molecule has 1 N–H and O–H groups in total. The summed E-state index contributed by atoms with van der Waals surface area (Å²) in [6.45, 7) is 1.61. The Labute approximate surface area is 173 Å². The van der Waals surface area contributed by atoms with Crippen molar-refractivity contribution in [2.24, 2.45) is 0 Å². The molecule has 3 aromatic carbocycles. The summed E-state index contributed by atoms with van der Waals surface area (Å²) in [5.41, 5.74) is 0.941. The summed E-state index contributed by atoms with van der Waals surface area (Å²) in [6.07, 6.45) is 0. The van der Waals surface area contributed by atoms with E-state index in [0.29, 0.717) is 0 Å². The number of nitrogens with one attached hydrogen (secondary N) is 1. The minimum atomic E-state index is -3.77. The first kappa shape index (κ1) is 20.5. The average Bonchev–Trinajstić information content (AvgIpc) is 2.67. The van der Waals surface area contributed by atoms with E-state index in [4.69, 9.17) is 0 Å². The molecule has 0 saturated heterocycles. The normalized spacial score (nSPS) is 12.9. The van der Waals surface area contributed by atoms with E-state index < -0.39 is 10.0 Å². The third-order valence-electron chi connectivity index (χ3n) is 4.54. The van der Waals surface area contributed by atoms with E-state index in [2.05, 4.69) is 21.2 Å². The number of rotatable bonds is 6. The first-order chi connectivity index (χ1) is 13.3. The van der Waals surface area contributed by atoms with Gasteiger partial charge < -0.3 is 5.32 Å². The van der Waals surface area contributed by atoms with Crippen LogP contribution in [0, 0.1) is 0 Å². The largest absolute Gasteiger partial charge is 0.348 e. The van der Waals surface area contributed by atoms with Crippen LogP contribution < -0.4 is 5.32 Å². The monoisotopic (exact) mass is 460 g/mol. The van der Waals surface area contributed by atoms with Gasteiger partial charge in [0, 0.05) is 11.5 Å². The Morgan fingerprint density at radius 2 is 1.68 bits per heavy atom. The highest BCUT2D eigenvalue weighted by atomic mass is 79.9. The van der Waals surface area contributed by atoms with Crippen molar-refractivity contribution in [1.82, 2.24) is 9.62 Å². The smallest absolute Gasteiger partial charge is 0.243 e. The number of likely N-dealkylation sites (N-methyl/N-ethyl adjacent to an activating group) is 1. The number of sulfonamides is 1. The zero-order chi connectivity index (χ0) is 20.3. The van der Waals surface area contributed by atoms with Crippen molar-refractivity contribution < 1.29 is 13.2 Å². The average molecular weight is 461 g/mol. The number of nitrogens with zero attached hydrogens (tertiary/aromatic N) is 1. The summed E-state index contributed by atoms with van der Waals surface area (Å²) >= 11 is 3.38. The number of benzene rings is 3. The van der Waals surface area contributed by atoms with Crippen LogP contribution in [0.1, 0.15) is 18.5 Å². The first-order valence-electron chi connectivity index (χ1n) is 8.77. The summed E-state index contributed by atoms with van der Waals surface area (Å²) in [5.74, 6) is -0.359. The highest BCUT2D eigenvalue weighted by Crippen LogP contribution is 2.21. The molecule has 146 valence electrons. The van der Waals surface area contributed by atoms with Gasteiger partial charge >= 0.3 is 0 Å². The highest BCUT2D eigenvalue weighted by Gasteiger charge is 2.23. The Morgan fingerprint density at radius 3 is 2.36 bits per heavy atom. The van der Waals surface area contributed by atoms with Gasteiger partial charge in [-0.1, -0.05) is 58.4 Å². The van der Waals surface area contributed by atoms with E-state index in [9.17, 15) is 13.2 Å². The van der Waals surface area contributed by atoms with Crippen molar-refractivity contribution >= 4 is 42.6 Å². The maximum Gasteiger partial charge on any atom is 0.243 e. The van der Waals surface area contributed by atoms with Crippen LogP contribution in [0.4, 0.5) is 0 Å². The predicted molar refractivity (Wildman–Crippen MR) is 114 cm³/mol. The molecule has 0 fully saturated rings. The number of carbonyl (C=O) groups excluding carboxylic acids is 1. The second-order valence-corrected chi connectivity index (χ2v) is 9.57. The van der Waals surface area contributed by atoms with Crippen LogP contribution in [0.3, 0.4) is 0 Å². The SMILES string of the molecule is CC(NC(=O)CN(C)S(=O)(=O)c1ccc2ccccc2c1)c1ccc(Br)cc1. The van der Waals surface area contributed by atoms with Gasteiger partial charge in [0.1, 0.15) is 0 Å². The lowest BCUT2D eigenvalue weighted by atomic mass is 10.1. The molecular formula is C21H21BrN2O3S. The van der Waals surface area contributed by atoms with Crippen molar-refractivity contribution in [1.29, 1.82) is 0 Å². The second-order valence-electron chi connectivity index (χ2n) is 6.61. The molecule has 3 aromatic rings. The first-order valence-corrected chi connectivity index (χ1v) is 11.0. The van der Waals surface area contributed by atoms with Crippen LogP contribution in [0.25, 0.3) is 10.8 Å². The summed E-state index contributed by atoms with van der Waals surface area (Å²) < 4.78 is 27.7. The fraction of sp³-hybridized carbons (Fsp3) is 0.190. The van der Waals surface area contributed by atoms with E-state index >= 15 is 0 Å². The molecule has 0 aliphatic carbocycles. The molecule has 0 aliphatic heterocycles. The lowest BCUT2D eigenvalue weighted by molar-refractivity contribution is -0.121. The molecule has 0 heterocycles. The van der Waals surface area contributed by atoms with Crippen LogP contribution in [-0.4, -0.2) is 32.2 Å². The zero-order valence-electron chi connectivity index (χ0n) is 15.6. The van der Waals surface area contributed by atoms with Gasteiger partial charge in [-0.25, -0.2) is 8.42 Å². The maximum absolute atomic E-state index is 12.8. The Bertz CT molecular complexity index is 1100. The third kappa shape index (κ3) is 4.60. The van der Waals surface area contributed by atoms with Gasteiger partial charge in [0.25, 0.3) is 0 Å². The highest BCUT2D eigenvalue weighted by molar-refractivity contribution is 9.10. The number of hydrogen-bond donors (Lipinski definition) is 1. The second kappa shape index (κ2) is 8.43. The topological polar surface area (TPSA) is 66.5 Å². The predicted octanol–water partition coefficient (Wildman–Crippen LogP) is 4.10. The minimum absolute atomic E-state index is 0.169. The number of hydrogen-bond acceptors (Lipinski definition) is 3. The van der Waals surface area contributed by atoms with Crippen LogP contribution in [0.15, 0.2) is 76.1 Å².